The van der Waals surface area contributed by atoms with Crippen molar-refractivity contribution in [2.24, 2.45) is 0 Å². The molecule has 0 aromatic carbocycles. The first-order chi connectivity index (χ1) is 18.0. The average molecular weight is 567 g/mol. The van der Waals surface area contributed by atoms with Gasteiger partial charge in [0.25, 0.3) is 5.91 Å². The zero-order chi connectivity index (χ0) is 27.6. The number of carbonyl (C=O) groups is 3. The summed E-state index contributed by atoms with van der Waals surface area (Å²) >= 11 is 2.02. The van der Waals surface area contributed by atoms with Gasteiger partial charge in [-0.15, -0.1) is 22.7 Å². The molecule has 0 aliphatic rings. The number of nitrogens with one attached hydrogen (secondary N) is 1. The minimum Gasteiger partial charge on any atom is -0.462 e. The molecule has 0 aliphatic heterocycles. The van der Waals surface area contributed by atoms with Crippen LogP contribution in [-0.2, 0) is 15.7 Å². The lowest BCUT2D eigenvalue weighted by Crippen LogP contribution is -2.17. The lowest BCUT2D eigenvalue weighted by molar-refractivity contribution is -0.142. The van der Waals surface area contributed by atoms with Crippen molar-refractivity contribution in [1.29, 1.82) is 0 Å². The third-order valence-corrected chi connectivity index (χ3v) is 7.28. The zero-order valence-corrected chi connectivity index (χ0v) is 22.0. The summed E-state index contributed by atoms with van der Waals surface area (Å²) in [7, 11) is 0. The van der Waals surface area contributed by atoms with E-state index in [1.165, 1.54) is 18.3 Å². The molecule has 1 amide bonds. The van der Waals surface area contributed by atoms with Crippen LogP contribution in [0.3, 0.4) is 0 Å². The number of nitrogens with zero attached hydrogens (tertiary/aromatic N) is 3. The largest absolute Gasteiger partial charge is 0.462 e. The van der Waals surface area contributed by atoms with Crippen molar-refractivity contribution in [3.63, 3.8) is 0 Å². The number of alkyl halides is 3. The summed E-state index contributed by atoms with van der Waals surface area (Å²) in [6.45, 7) is 5.14. The average Bonchev–Trinajstić information content (AvgIpc) is 3.60. The minimum atomic E-state index is -4.78. The van der Waals surface area contributed by atoms with Gasteiger partial charge in [-0.3, -0.25) is 4.79 Å². The molecule has 4 heterocycles. The van der Waals surface area contributed by atoms with Crippen LogP contribution in [-0.4, -0.2) is 45.7 Å². The number of rotatable bonds is 8. The van der Waals surface area contributed by atoms with E-state index in [0.29, 0.717) is 15.8 Å². The van der Waals surface area contributed by atoms with Gasteiger partial charge in [0.05, 0.1) is 29.3 Å². The maximum atomic E-state index is 13.8. The van der Waals surface area contributed by atoms with Gasteiger partial charge in [-0.2, -0.15) is 18.3 Å². The van der Waals surface area contributed by atoms with Crippen molar-refractivity contribution < 1.29 is 37.0 Å². The Hall–Kier alpha value is -3.78. The van der Waals surface area contributed by atoms with Gasteiger partial charge in [-0.1, -0.05) is 13.0 Å². The van der Waals surface area contributed by atoms with Gasteiger partial charge in [0.15, 0.2) is 17.0 Å². The van der Waals surface area contributed by atoms with Crippen molar-refractivity contribution >= 4 is 51.2 Å². The Morgan fingerprint density at radius 3 is 2.53 bits per heavy atom. The fourth-order valence-corrected chi connectivity index (χ4v) is 5.28. The molecule has 0 unspecified atom stereocenters. The van der Waals surface area contributed by atoms with Gasteiger partial charge in [0, 0.05) is 6.07 Å². The number of aromatic nitrogens is 3. The highest BCUT2D eigenvalue weighted by Gasteiger charge is 2.36. The van der Waals surface area contributed by atoms with E-state index in [2.05, 4.69) is 15.4 Å². The topological polar surface area (TPSA) is 112 Å². The summed E-state index contributed by atoms with van der Waals surface area (Å²) < 4.78 is 52.3. The van der Waals surface area contributed by atoms with Crippen molar-refractivity contribution in [1.82, 2.24) is 14.6 Å². The van der Waals surface area contributed by atoms with Gasteiger partial charge in [0.1, 0.15) is 9.88 Å². The highest BCUT2D eigenvalue weighted by molar-refractivity contribution is 7.18. The highest BCUT2D eigenvalue weighted by atomic mass is 32.1. The lowest BCUT2D eigenvalue weighted by atomic mass is 10.1. The molecule has 0 bridgehead atoms. The maximum absolute atomic E-state index is 13.8. The van der Waals surface area contributed by atoms with Crippen LogP contribution in [0.25, 0.3) is 16.2 Å². The molecule has 0 saturated carbocycles. The molecule has 14 heteroatoms. The number of amides is 1. The van der Waals surface area contributed by atoms with Crippen LogP contribution < -0.4 is 5.32 Å². The molecule has 4 rings (SSSR count). The predicted molar refractivity (Wildman–Crippen MR) is 135 cm³/mol. The molecule has 4 aromatic heterocycles. The molecule has 0 radical (unpaired) electrons. The summed E-state index contributed by atoms with van der Waals surface area (Å²) in [5.74, 6) is -2.35. The standard InChI is InChI=1S/C24H21F3N4O5S2/c1-4-8-36-22(33)18-12(3)19(23(34)35-5-2)38-21(18)29-20(32)14-11-17-28-13(15-7-6-9-37-15)10-16(24(25,26)27)31(17)30-14/h6-7,9-11H,4-5,8H2,1-3H3,(H,29,32). The van der Waals surface area contributed by atoms with Crippen molar-refractivity contribution in [2.75, 3.05) is 18.5 Å². The van der Waals surface area contributed by atoms with E-state index in [-0.39, 0.29) is 51.3 Å². The summed E-state index contributed by atoms with van der Waals surface area (Å²) in [4.78, 5) is 43.1. The number of hydrogen-bond donors (Lipinski definition) is 1. The molecule has 0 aliphatic carbocycles. The van der Waals surface area contributed by atoms with Crippen LogP contribution in [0.1, 0.15) is 62.0 Å². The van der Waals surface area contributed by atoms with Crippen LogP contribution in [0.2, 0.25) is 0 Å². The number of anilines is 1. The summed E-state index contributed by atoms with van der Waals surface area (Å²) in [5, 5.41) is 8.02. The van der Waals surface area contributed by atoms with E-state index in [9.17, 15) is 27.6 Å². The molecule has 0 saturated heterocycles. The van der Waals surface area contributed by atoms with Crippen molar-refractivity contribution in [3.05, 3.63) is 57.0 Å². The van der Waals surface area contributed by atoms with E-state index in [4.69, 9.17) is 9.47 Å². The van der Waals surface area contributed by atoms with E-state index in [0.717, 1.165) is 23.5 Å². The van der Waals surface area contributed by atoms with Gasteiger partial charge < -0.3 is 14.8 Å². The second-order valence-electron chi connectivity index (χ2n) is 7.87. The second kappa shape index (κ2) is 10.9. The fraction of sp³-hybridized carbons (Fsp3) is 0.292. The first-order valence-corrected chi connectivity index (χ1v) is 13.1. The van der Waals surface area contributed by atoms with Crippen molar-refractivity contribution in [2.45, 2.75) is 33.4 Å². The lowest BCUT2D eigenvalue weighted by Gasteiger charge is -2.10. The number of carbonyl (C=O) groups excluding carboxylic acids is 3. The molecule has 200 valence electrons. The number of ether oxygens (including phenoxy) is 2. The number of thiophene rings is 2. The number of esters is 2. The Kier molecular flexibility index (Phi) is 7.83. The Morgan fingerprint density at radius 1 is 1.13 bits per heavy atom. The molecule has 38 heavy (non-hydrogen) atoms. The summed E-state index contributed by atoms with van der Waals surface area (Å²) in [5.41, 5.74) is -1.38. The Balaban J connectivity index is 1.75. The second-order valence-corrected chi connectivity index (χ2v) is 9.84. The van der Waals surface area contributed by atoms with E-state index < -0.39 is 29.7 Å². The Morgan fingerprint density at radius 2 is 1.89 bits per heavy atom. The third-order valence-electron chi connectivity index (χ3n) is 5.20. The van der Waals surface area contributed by atoms with E-state index in [1.807, 2.05) is 0 Å². The van der Waals surface area contributed by atoms with Crippen LogP contribution in [0, 0.1) is 6.92 Å². The maximum Gasteiger partial charge on any atom is 0.433 e. The summed E-state index contributed by atoms with van der Waals surface area (Å²) in [6.07, 6.45) is -4.23. The molecular weight excluding hydrogens is 545 g/mol. The first-order valence-electron chi connectivity index (χ1n) is 11.4. The smallest absolute Gasteiger partial charge is 0.433 e. The zero-order valence-electron chi connectivity index (χ0n) is 20.3. The van der Waals surface area contributed by atoms with Crippen LogP contribution in [0.15, 0.2) is 29.6 Å². The molecule has 0 atom stereocenters. The SMILES string of the molecule is CCCOC(=O)c1c(NC(=O)c2cc3nc(-c4cccs4)cc(C(F)(F)F)n3n2)sc(C(=O)OCC)c1C. The highest BCUT2D eigenvalue weighted by Crippen LogP contribution is 2.36. The van der Waals surface area contributed by atoms with Crippen molar-refractivity contribution in [3.8, 4) is 10.6 Å². The molecule has 1 N–H and O–H groups in total. The van der Waals surface area contributed by atoms with Gasteiger partial charge in [-0.25, -0.2) is 19.1 Å². The molecule has 4 aromatic rings. The predicted octanol–water partition coefficient (Wildman–Crippen LogP) is 5.84. The number of halogens is 3. The quantitative estimate of drug-likeness (QED) is 0.267. The number of hydrogen-bond acceptors (Lipinski definition) is 9. The van der Waals surface area contributed by atoms with Crippen LogP contribution >= 0.6 is 22.7 Å². The Bertz CT molecular complexity index is 1510. The van der Waals surface area contributed by atoms with Crippen LogP contribution in [0.5, 0.6) is 0 Å². The summed E-state index contributed by atoms with van der Waals surface area (Å²) in [6, 6.07) is 5.30. The number of fused-ring (bicyclic) bond motifs is 1. The normalized spacial score (nSPS) is 11.5. The van der Waals surface area contributed by atoms with Crippen LogP contribution in [0.4, 0.5) is 18.2 Å². The van der Waals surface area contributed by atoms with E-state index >= 15 is 0 Å². The molecule has 0 spiro atoms. The van der Waals surface area contributed by atoms with Gasteiger partial charge in [0.2, 0.25) is 0 Å². The molecule has 0 fully saturated rings. The van der Waals surface area contributed by atoms with Gasteiger partial charge in [-0.05, 0) is 43.3 Å². The Labute approximate surface area is 222 Å². The van der Waals surface area contributed by atoms with Gasteiger partial charge >= 0.3 is 18.1 Å². The molecule has 9 nitrogen and oxygen atoms in total. The minimum absolute atomic E-state index is 0.0167. The first kappa shape index (κ1) is 27.3. The third kappa shape index (κ3) is 5.41. The monoisotopic (exact) mass is 566 g/mol. The molecular formula is C24H21F3N4O5S2. The fourth-order valence-electron chi connectivity index (χ4n) is 3.51. The van der Waals surface area contributed by atoms with E-state index in [1.54, 1.807) is 31.4 Å².